The van der Waals surface area contributed by atoms with Gasteiger partial charge in [-0.15, -0.1) is 0 Å². The van der Waals surface area contributed by atoms with Gasteiger partial charge in [0, 0.05) is 16.1 Å². The van der Waals surface area contributed by atoms with E-state index in [1.54, 1.807) is 24.3 Å². The first-order valence-electron chi connectivity index (χ1n) is 6.85. The van der Waals surface area contributed by atoms with Crippen molar-refractivity contribution < 1.29 is 14.3 Å². The van der Waals surface area contributed by atoms with Crippen LogP contribution in [0.3, 0.4) is 0 Å². The predicted molar refractivity (Wildman–Crippen MR) is 88.9 cm³/mol. The van der Waals surface area contributed by atoms with Crippen molar-refractivity contribution in [1.82, 2.24) is 5.32 Å². The van der Waals surface area contributed by atoms with E-state index in [1.807, 2.05) is 13.8 Å². The number of carbonyl (C=O) groups is 2. The van der Waals surface area contributed by atoms with E-state index < -0.39 is 12.0 Å². The molecule has 0 fully saturated rings. The number of carbonyl (C=O) groups excluding carboxylic acids is 2. The van der Waals surface area contributed by atoms with Crippen LogP contribution in [-0.4, -0.2) is 25.0 Å². The van der Waals surface area contributed by atoms with Crippen LogP contribution in [0.5, 0.6) is 0 Å². The Labute approximate surface area is 140 Å². The van der Waals surface area contributed by atoms with Crippen LogP contribution in [0.15, 0.2) is 24.3 Å². The highest BCUT2D eigenvalue weighted by molar-refractivity contribution is 6.35. The fourth-order valence-corrected chi connectivity index (χ4v) is 2.32. The number of benzene rings is 1. The summed E-state index contributed by atoms with van der Waals surface area (Å²) >= 11 is 11.8. The van der Waals surface area contributed by atoms with Crippen LogP contribution in [0.4, 0.5) is 0 Å². The smallest absolute Gasteiger partial charge is 0.328 e. The van der Waals surface area contributed by atoms with Gasteiger partial charge in [-0.3, -0.25) is 4.79 Å². The molecule has 1 aromatic carbocycles. The van der Waals surface area contributed by atoms with Crippen LogP contribution >= 0.6 is 23.2 Å². The van der Waals surface area contributed by atoms with Gasteiger partial charge >= 0.3 is 5.97 Å². The highest BCUT2D eigenvalue weighted by atomic mass is 35.5. The second-order valence-corrected chi connectivity index (χ2v) is 6.06. The van der Waals surface area contributed by atoms with Crippen molar-refractivity contribution in [3.05, 3.63) is 39.9 Å². The average molecular weight is 344 g/mol. The Morgan fingerprint density at radius 3 is 2.55 bits per heavy atom. The molecule has 120 valence electrons. The summed E-state index contributed by atoms with van der Waals surface area (Å²) in [4.78, 5) is 23.6. The van der Waals surface area contributed by atoms with E-state index >= 15 is 0 Å². The SMILES string of the molecule is COC(=O)[C@H](CC(C)C)NC(=O)/C=C/c1ccc(Cl)cc1Cl. The summed E-state index contributed by atoms with van der Waals surface area (Å²) in [7, 11) is 1.30. The topological polar surface area (TPSA) is 55.4 Å². The highest BCUT2D eigenvalue weighted by Crippen LogP contribution is 2.21. The third-order valence-corrected chi connectivity index (χ3v) is 3.45. The summed E-state index contributed by atoms with van der Waals surface area (Å²) in [5.74, 6) is -0.596. The molecule has 1 rings (SSSR count). The van der Waals surface area contributed by atoms with Gasteiger partial charge in [-0.05, 0) is 36.1 Å². The van der Waals surface area contributed by atoms with Crippen molar-refractivity contribution in [3.8, 4) is 0 Å². The number of esters is 1. The van der Waals surface area contributed by atoms with Gasteiger partial charge in [0.1, 0.15) is 6.04 Å². The number of hydrogen-bond acceptors (Lipinski definition) is 3. The van der Waals surface area contributed by atoms with Crippen LogP contribution in [0, 0.1) is 5.92 Å². The summed E-state index contributed by atoms with van der Waals surface area (Å²) in [6, 6.07) is 4.32. The molecule has 0 aromatic heterocycles. The fraction of sp³-hybridized carbons (Fsp3) is 0.375. The Bertz CT molecular complexity index is 571. The van der Waals surface area contributed by atoms with E-state index in [4.69, 9.17) is 27.9 Å². The Hall–Kier alpha value is -1.52. The van der Waals surface area contributed by atoms with Crippen LogP contribution in [0.2, 0.25) is 10.0 Å². The van der Waals surface area contributed by atoms with Gasteiger partial charge in [-0.25, -0.2) is 4.79 Å². The van der Waals surface area contributed by atoms with E-state index in [2.05, 4.69) is 5.32 Å². The zero-order valence-electron chi connectivity index (χ0n) is 12.7. The standard InChI is InChI=1S/C16H19Cl2NO3/c1-10(2)8-14(16(21)22-3)19-15(20)7-5-11-4-6-12(17)9-13(11)18/h4-7,9-10,14H,8H2,1-3H3,(H,19,20)/b7-5+/t14-/m0/s1. The maximum atomic E-state index is 11.9. The summed E-state index contributed by atoms with van der Waals surface area (Å²) in [6.07, 6.45) is 3.40. The van der Waals surface area contributed by atoms with Gasteiger partial charge in [0.05, 0.1) is 7.11 Å². The fourth-order valence-electron chi connectivity index (χ4n) is 1.85. The Kier molecular flexibility index (Phi) is 7.42. The van der Waals surface area contributed by atoms with E-state index in [0.29, 0.717) is 22.0 Å². The van der Waals surface area contributed by atoms with Crippen molar-refractivity contribution >= 4 is 41.2 Å². The summed E-state index contributed by atoms with van der Waals surface area (Å²) < 4.78 is 4.70. The van der Waals surface area contributed by atoms with Crippen molar-refractivity contribution in [1.29, 1.82) is 0 Å². The third-order valence-electron chi connectivity index (χ3n) is 2.89. The lowest BCUT2D eigenvalue weighted by Gasteiger charge is -2.17. The predicted octanol–water partition coefficient (Wildman–Crippen LogP) is 3.71. The molecule has 0 aliphatic carbocycles. The first kappa shape index (κ1) is 18.5. The molecule has 1 atom stereocenters. The monoisotopic (exact) mass is 343 g/mol. The number of amides is 1. The van der Waals surface area contributed by atoms with Gasteiger partial charge in [-0.2, -0.15) is 0 Å². The van der Waals surface area contributed by atoms with E-state index in [-0.39, 0.29) is 11.8 Å². The molecule has 0 bridgehead atoms. The zero-order valence-corrected chi connectivity index (χ0v) is 14.2. The quantitative estimate of drug-likeness (QED) is 0.632. The van der Waals surface area contributed by atoms with Gasteiger partial charge in [0.2, 0.25) is 5.91 Å². The lowest BCUT2D eigenvalue weighted by Crippen LogP contribution is -2.41. The first-order valence-corrected chi connectivity index (χ1v) is 7.60. The van der Waals surface area contributed by atoms with Crippen LogP contribution in [0.1, 0.15) is 25.8 Å². The Morgan fingerprint density at radius 2 is 2.00 bits per heavy atom. The van der Waals surface area contributed by atoms with Gasteiger partial charge in [0.15, 0.2) is 0 Å². The van der Waals surface area contributed by atoms with Crippen molar-refractivity contribution in [2.24, 2.45) is 5.92 Å². The van der Waals surface area contributed by atoms with Gasteiger partial charge in [0.25, 0.3) is 0 Å². The number of methoxy groups -OCH3 is 1. The maximum absolute atomic E-state index is 11.9. The summed E-state index contributed by atoms with van der Waals surface area (Å²) in [5, 5.41) is 3.60. The van der Waals surface area contributed by atoms with E-state index in [0.717, 1.165) is 0 Å². The average Bonchev–Trinajstić information content (AvgIpc) is 2.44. The highest BCUT2D eigenvalue weighted by Gasteiger charge is 2.21. The van der Waals surface area contributed by atoms with E-state index in [1.165, 1.54) is 13.2 Å². The van der Waals surface area contributed by atoms with Crippen molar-refractivity contribution in [3.63, 3.8) is 0 Å². The molecular formula is C16H19Cl2NO3. The second kappa shape index (κ2) is 8.81. The van der Waals surface area contributed by atoms with Crippen molar-refractivity contribution in [2.45, 2.75) is 26.3 Å². The molecule has 0 radical (unpaired) electrons. The minimum atomic E-state index is -0.664. The minimum Gasteiger partial charge on any atom is -0.467 e. The molecule has 0 saturated heterocycles. The van der Waals surface area contributed by atoms with Gasteiger partial charge in [-0.1, -0.05) is 43.1 Å². The molecule has 0 aliphatic heterocycles. The molecule has 6 heteroatoms. The van der Waals surface area contributed by atoms with Crippen LogP contribution in [-0.2, 0) is 14.3 Å². The number of hydrogen-bond donors (Lipinski definition) is 1. The number of nitrogens with one attached hydrogen (secondary N) is 1. The van der Waals surface area contributed by atoms with Gasteiger partial charge < -0.3 is 10.1 Å². The number of rotatable bonds is 6. The first-order chi connectivity index (χ1) is 10.3. The molecular weight excluding hydrogens is 325 g/mol. The lowest BCUT2D eigenvalue weighted by molar-refractivity contribution is -0.145. The zero-order chi connectivity index (χ0) is 16.7. The minimum absolute atomic E-state index is 0.249. The summed E-state index contributed by atoms with van der Waals surface area (Å²) in [5.41, 5.74) is 0.666. The lowest BCUT2D eigenvalue weighted by atomic mass is 10.0. The molecule has 0 saturated carbocycles. The molecule has 0 spiro atoms. The summed E-state index contributed by atoms with van der Waals surface area (Å²) in [6.45, 7) is 3.93. The number of halogens is 2. The van der Waals surface area contributed by atoms with Crippen LogP contribution < -0.4 is 5.32 Å². The van der Waals surface area contributed by atoms with Crippen molar-refractivity contribution in [2.75, 3.05) is 7.11 Å². The molecule has 0 unspecified atom stereocenters. The molecule has 1 N–H and O–H groups in total. The second-order valence-electron chi connectivity index (χ2n) is 5.21. The van der Waals surface area contributed by atoms with E-state index in [9.17, 15) is 9.59 Å². The largest absolute Gasteiger partial charge is 0.467 e. The molecule has 1 amide bonds. The number of ether oxygens (including phenoxy) is 1. The molecule has 0 heterocycles. The maximum Gasteiger partial charge on any atom is 0.328 e. The molecule has 4 nitrogen and oxygen atoms in total. The Morgan fingerprint density at radius 1 is 1.32 bits per heavy atom. The normalized spacial score (nSPS) is 12.5. The molecule has 1 aromatic rings. The Balaban J connectivity index is 2.74. The molecule has 0 aliphatic rings. The molecule has 22 heavy (non-hydrogen) atoms. The van der Waals surface area contributed by atoms with Crippen LogP contribution in [0.25, 0.3) is 6.08 Å². The third kappa shape index (κ3) is 6.08.